The molecule has 0 bridgehead atoms. The van der Waals surface area contributed by atoms with Crippen LogP contribution >= 0.6 is 0 Å². The van der Waals surface area contributed by atoms with E-state index in [9.17, 15) is 0 Å². The van der Waals surface area contributed by atoms with Gasteiger partial charge in [-0.2, -0.15) is 0 Å². The molecule has 2 unspecified atom stereocenters. The lowest BCUT2D eigenvalue weighted by molar-refractivity contribution is 0.445. The smallest absolute Gasteiger partial charge is 0.0443 e. The molecule has 0 aliphatic heterocycles. The summed E-state index contributed by atoms with van der Waals surface area (Å²) < 4.78 is 0. The Balaban J connectivity index is 3.07. The molecule has 0 N–H and O–H groups in total. The van der Waals surface area contributed by atoms with Crippen LogP contribution in [0.1, 0.15) is 105 Å². The molecule has 0 nitrogen and oxygen atoms in total. The zero-order chi connectivity index (χ0) is 13.6. The summed E-state index contributed by atoms with van der Waals surface area (Å²) in [6, 6.07) is 0. The Kier molecular flexibility index (Phi) is 13.4. The Hall–Kier alpha value is 0. The molecule has 0 saturated carbocycles. The minimum Gasteiger partial charge on any atom is -0.0654 e. The number of rotatable bonds is 13. The van der Waals surface area contributed by atoms with E-state index in [1.807, 2.05) is 0 Å². The molecule has 0 aromatic heterocycles. The number of hydrogen-bond donors (Lipinski definition) is 0. The Labute approximate surface area is 117 Å². The zero-order valence-electron chi connectivity index (χ0n) is 13.6. The Morgan fingerprint density at radius 1 is 0.556 bits per heavy atom. The highest BCUT2D eigenvalue weighted by molar-refractivity contribution is 4.54. The normalized spacial score (nSPS) is 14.7. The first-order valence-corrected chi connectivity index (χ1v) is 8.70. The van der Waals surface area contributed by atoms with Crippen LogP contribution in [0.15, 0.2) is 0 Å². The van der Waals surface area contributed by atoms with Crippen molar-refractivity contribution in [2.45, 2.75) is 105 Å². The van der Waals surface area contributed by atoms with Gasteiger partial charge in [0.15, 0.2) is 0 Å². The van der Waals surface area contributed by atoms with E-state index in [2.05, 4.69) is 27.7 Å². The van der Waals surface area contributed by atoms with Crippen molar-refractivity contribution < 1.29 is 0 Å². The van der Waals surface area contributed by atoms with Gasteiger partial charge in [-0.3, -0.25) is 0 Å². The molecular formula is C18H38. The van der Waals surface area contributed by atoms with Gasteiger partial charge in [0.05, 0.1) is 0 Å². The molecule has 0 aliphatic carbocycles. The lowest BCUT2D eigenvalue weighted by atomic mass is 9.97. The van der Waals surface area contributed by atoms with Crippen LogP contribution in [0.25, 0.3) is 0 Å². The standard InChI is InChI=1S/C18H38/c1-5-14-18(4)16-13-11-9-7-8-10-12-15-17(3)6-2/h17-18H,5-16H2,1-4H3. The third-order valence-corrected chi connectivity index (χ3v) is 4.37. The second-order valence-electron chi connectivity index (χ2n) is 6.46. The number of hydrogen-bond acceptors (Lipinski definition) is 0. The van der Waals surface area contributed by atoms with Crippen molar-refractivity contribution in [2.24, 2.45) is 11.8 Å². The highest BCUT2D eigenvalue weighted by atomic mass is 14.1. The van der Waals surface area contributed by atoms with Crippen molar-refractivity contribution in [3.63, 3.8) is 0 Å². The largest absolute Gasteiger partial charge is 0.0654 e. The quantitative estimate of drug-likeness (QED) is 0.311. The van der Waals surface area contributed by atoms with E-state index in [0.717, 1.165) is 11.8 Å². The van der Waals surface area contributed by atoms with E-state index in [1.165, 1.54) is 77.0 Å². The van der Waals surface area contributed by atoms with Gasteiger partial charge >= 0.3 is 0 Å². The lowest BCUT2D eigenvalue weighted by Gasteiger charge is -2.09. The topological polar surface area (TPSA) is 0 Å². The molecule has 0 heterocycles. The van der Waals surface area contributed by atoms with Gasteiger partial charge in [-0.1, -0.05) is 105 Å². The first-order chi connectivity index (χ1) is 8.70. The van der Waals surface area contributed by atoms with E-state index in [4.69, 9.17) is 0 Å². The third-order valence-electron chi connectivity index (χ3n) is 4.37. The molecule has 0 saturated heterocycles. The van der Waals surface area contributed by atoms with Crippen molar-refractivity contribution in [1.29, 1.82) is 0 Å². The van der Waals surface area contributed by atoms with Gasteiger partial charge in [-0.15, -0.1) is 0 Å². The fourth-order valence-electron chi connectivity index (χ4n) is 2.71. The summed E-state index contributed by atoms with van der Waals surface area (Å²) in [5.41, 5.74) is 0. The first-order valence-electron chi connectivity index (χ1n) is 8.70. The van der Waals surface area contributed by atoms with E-state index in [0.29, 0.717) is 0 Å². The summed E-state index contributed by atoms with van der Waals surface area (Å²) in [7, 11) is 0. The molecule has 0 rings (SSSR count). The Bertz CT molecular complexity index is 150. The molecule has 0 fully saturated rings. The second-order valence-corrected chi connectivity index (χ2v) is 6.46. The maximum Gasteiger partial charge on any atom is -0.0443 e. The average Bonchev–Trinajstić information content (AvgIpc) is 2.36. The summed E-state index contributed by atoms with van der Waals surface area (Å²) in [5.74, 6) is 1.91. The van der Waals surface area contributed by atoms with Crippen LogP contribution in [-0.4, -0.2) is 0 Å². The van der Waals surface area contributed by atoms with Crippen molar-refractivity contribution in [2.75, 3.05) is 0 Å². The molecule has 0 spiro atoms. The molecule has 110 valence electrons. The van der Waals surface area contributed by atoms with Crippen LogP contribution in [0.5, 0.6) is 0 Å². The lowest BCUT2D eigenvalue weighted by Crippen LogP contribution is -1.93. The maximum absolute atomic E-state index is 2.42. The van der Waals surface area contributed by atoms with Crippen molar-refractivity contribution >= 4 is 0 Å². The zero-order valence-corrected chi connectivity index (χ0v) is 13.6. The summed E-state index contributed by atoms with van der Waals surface area (Å²) >= 11 is 0. The van der Waals surface area contributed by atoms with Gasteiger partial charge in [0.2, 0.25) is 0 Å². The van der Waals surface area contributed by atoms with E-state index in [-0.39, 0.29) is 0 Å². The van der Waals surface area contributed by atoms with E-state index >= 15 is 0 Å². The van der Waals surface area contributed by atoms with Crippen LogP contribution in [-0.2, 0) is 0 Å². The van der Waals surface area contributed by atoms with E-state index in [1.54, 1.807) is 0 Å². The molecular weight excluding hydrogens is 216 g/mol. The summed E-state index contributed by atoms with van der Waals surface area (Å²) in [6.07, 6.45) is 17.3. The third kappa shape index (κ3) is 12.5. The van der Waals surface area contributed by atoms with Crippen LogP contribution in [0.4, 0.5) is 0 Å². The predicted octanol–water partition coefficient (Wildman–Crippen LogP) is 6.98. The van der Waals surface area contributed by atoms with Crippen LogP contribution < -0.4 is 0 Å². The SMILES string of the molecule is CCCC(C)CCCCCCCCCC(C)CC. The van der Waals surface area contributed by atoms with Crippen molar-refractivity contribution in [3.05, 3.63) is 0 Å². The highest BCUT2D eigenvalue weighted by Crippen LogP contribution is 2.17. The fraction of sp³-hybridized carbons (Fsp3) is 1.00. The average molecular weight is 255 g/mol. The van der Waals surface area contributed by atoms with Crippen molar-refractivity contribution in [1.82, 2.24) is 0 Å². The van der Waals surface area contributed by atoms with Gasteiger partial charge in [0.25, 0.3) is 0 Å². The Morgan fingerprint density at radius 3 is 1.44 bits per heavy atom. The molecule has 0 aromatic carbocycles. The molecule has 0 heteroatoms. The highest BCUT2D eigenvalue weighted by Gasteiger charge is 2.00. The van der Waals surface area contributed by atoms with Gasteiger partial charge < -0.3 is 0 Å². The van der Waals surface area contributed by atoms with Gasteiger partial charge in [-0.25, -0.2) is 0 Å². The second kappa shape index (κ2) is 13.4. The molecule has 0 aromatic rings. The summed E-state index contributed by atoms with van der Waals surface area (Å²) in [4.78, 5) is 0. The Morgan fingerprint density at radius 2 is 1.00 bits per heavy atom. The molecule has 0 amide bonds. The van der Waals surface area contributed by atoms with Crippen LogP contribution in [0, 0.1) is 11.8 Å². The summed E-state index contributed by atoms with van der Waals surface area (Å²) in [5, 5.41) is 0. The van der Waals surface area contributed by atoms with Gasteiger partial charge in [0.1, 0.15) is 0 Å². The van der Waals surface area contributed by atoms with Crippen molar-refractivity contribution in [3.8, 4) is 0 Å². The van der Waals surface area contributed by atoms with Crippen LogP contribution in [0.2, 0.25) is 0 Å². The summed E-state index contributed by atoms with van der Waals surface area (Å²) in [6.45, 7) is 9.41. The molecule has 2 atom stereocenters. The monoisotopic (exact) mass is 254 g/mol. The van der Waals surface area contributed by atoms with Gasteiger partial charge in [0, 0.05) is 0 Å². The van der Waals surface area contributed by atoms with E-state index < -0.39 is 0 Å². The predicted molar refractivity (Wildman–Crippen MR) is 85.1 cm³/mol. The minimum absolute atomic E-state index is 0.949. The maximum atomic E-state index is 2.42. The molecule has 18 heavy (non-hydrogen) atoms. The fourth-order valence-corrected chi connectivity index (χ4v) is 2.71. The molecule has 0 radical (unpaired) electrons. The minimum atomic E-state index is 0.949. The number of unbranched alkanes of at least 4 members (excludes halogenated alkanes) is 6. The van der Waals surface area contributed by atoms with Crippen LogP contribution in [0.3, 0.4) is 0 Å². The van der Waals surface area contributed by atoms with Gasteiger partial charge in [-0.05, 0) is 11.8 Å². The molecule has 0 aliphatic rings. The first kappa shape index (κ1) is 18.0.